The predicted octanol–water partition coefficient (Wildman–Crippen LogP) is 18.1. The van der Waals surface area contributed by atoms with Gasteiger partial charge in [0, 0.05) is 52.6 Å². The van der Waals surface area contributed by atoms with Gasteiger partial charge in [0.25, 0.3) is 0 Å². The van der Waals surface area contributed by atoms with Gasteiger partial charge in [-0.25, -0.2) is 0 Å². The summed E-state index contributed by atoms with van der Waals surface area (Å²) in [5, 5.41) is 10.1. The first-order valence-electron chi connectivity index (χ1n) is 23.8. The third kappa shape index (κ3) is 5.22. The zero-order chi connectivity index (χ0) is 45.6. The Morgan fingerprint density at radius 1 is 0.406 bits per heavy atom. The molecule has 3 heterocycles. The number of aromatic nitrogens is 1. The van der Waals surface area contributed by atoms with Gasteiger partial charge in [0.1, 0.15) is 0 Å². The highest BCUT2D eigenvalue weighted by Gasteiger charge is 2.51. The van der Waals surface area contributed by atoms with E-state index in [1.54, 1.807) is 0 Å². The Hall–Kier alpha value is -7.89. The van der Waals surface area contributed by atoms with E-state index in [1.807, 2.05) is 11.3 Å². The fourth-order valence-corrected chi connectivity index (χ4v) is 16.4. The molecule has 0 radical (unpaired) electrons. The Labute approximate surface area is 406 Å². The summed E-state index contributed by atoms with van der Waals surface area (Å²) in [6, 6.07) is 87.4. The van der Waals surface area contributed by atoms with Gasteiger partial charge in [0.05, 0.1) is 27.8 Å². The van der Waals surface area contributed by atoms with E-state index in [9.17, 15) is 0 Å². The highest BCUT2D eigenvalue weighted by atomic mass is 32.3. The smallest absolute Gasteiger partial charge is 0.0734 e. The molecule has 0 saturated carbocycles. The zero-order valence-electron chi connectivity index (χ0n) is 38.2. The number of anilines is 3. The van der Waals surface area contributed by atoms with Crippen LogP contribution < -0.4 is 4.90 Å². The lowest BCUT2D eigenvalue weighted by molar-refractivity contribution is 0.703. The van der Waals surface area contributed by atoms with Crippen molar-refractivity contribution in [3.8, 4) is 16.8 Å². The van der Waals surface area contributed by atoms with E-state index < -0.39 is 15.4 Å². The summed E-state index contributed by atoms with van der Waals surface area (Å²) in [4.78, 5) is 5.43. The van der Waals surface area contributed by atoms with Crippen molar-refractivity contribution in [2.24, 2.45) is 0 Å². The largest absolute Gasteiger partial charge is 0.310 e. The second kappa shape index (κ2) is 14.3. The van der Waals surface area contributed by atoms with Crippen LogP contribution in [0.25, 0.3) is 80.3 Å². The molecule has 2 aromatic heterocycles. The molecule has 1 aliphatic carbocycles. The number of rotatable bonds is 4. The van der Waals surface area contributed by atoms with Crippen LogP contribution >= 0.6 is 21.4 Å². The minimum Gasteiger partial charge on any atom is -0.310 e. The molecule has 326 valence electrons. The van der Waals surface area contributed by atoms with Crippen molar-refractivity contribution >= 4 is 102 Å². The van der Waals surface area contributed by atoms with E-state index >= 15 is 0 Å². The van der Waals surface area contributed by atoms with Crippen LogP contribution in [0.15, 0.2) is 240 Å². The third-order valence-electron chi connectivity index (χ3n) is 15.5. The van der Waals surface area contributed by atoms with E-state index in [0.29, 0.717) is 0 Å². The number of nitrogens with zero attached hydrogens (tertiary/aromatic N) is 2. The van der Waals surface area contributed by atoms with Crippen LogP contribution in [0.4, 0.5) is 17.1 Å². The van der Waals surface area contributed by atoms with Gasteiger partial charge < -0.3 is 9.47 Å². The lowest BCUT2D eigenvalue weighted by Gasteiger charge is -2.52. The molecule has 1 aliphatic heterocycles. The van der Waals surface area contributed by atoms with Crippen molar-refractivity contribution < 1.29 is 0 Å². The average molecular weight is 917 g/mol. The van der Waals surface area contributed by atoms with E-state index in [-0.39, 0.29) is 0 Å². The average Bonchev–Trinajstić information content (AvgIpc) is 3.95. The third-order valence-corrected chi connectivity index (χ3v) is 19.5. The summed E-state index contributed by atoms with van der Waals surface area (Å²) in [6.45, 7) is 0. The molecule has 1 spiro atoms. The molecule has 0 N–H and O–H groups in total. The molecule has 2 aliphatic rings. The van der Waals surface area contributed by atoms with Crippen molar-refractivity contribution in [1.29, 1.82) is 0 Å². The molecule has 0 bridgehead atoms. The predicted molar refractivity (Wildman–Crippen MR) is 297 cm³/mol. The summed E-state index contributed by atoms with van der Waals surface area (Å²) in [5.41, 5.74) is 14.6. The molecule has 13 aromatic rings. The fraction of sp³-hybridized carbons (Fsp3) is 0.0462. The Kier molecular flexibility index (Phi) is 8.12. The second-order valence-corrected chi connectivity index (χ2v) is 23.8. The normalized spacial score (nSPS) is 16.0. The van der Waals surface area contributed by atoms with Crippen LogP contribution in [-0.4, -0.2) is 17.1 Å². The van der Waals surface area contributed by atoms with E-state index in [2.05, 4.69) is 253 Å². The van der Waals surface area contributed by atoms with Gasteiger partial charge in [0.2, 0.25) is 0 Å². The first kappa shape index (κ1) is 39.1. The zero-order valence-corrected chi connectivity index (χ0v) is 39.8. The molecular formula is C65H44N2S2. The molecule has 1 unspecified atom stereocenters. The number of benzene rings is 11. The van der Waals surface area contributed by atoms with Crippen LogP contribution in [0.1, 0.15) is 22.3 Å². The maximum atomic E-state index is 2.59. The van der Waals surface area contributed by atoms with Crippen molar-refractivity contribution in [1.82, 2.24) is 4.57 Å². The van der Waals surface area contributed by atoms with Crippen LogP contribution in [0.2, 0.25) is 0 Å². The van der Waals surface area contributed by atoms with E-state index in [0.717, 1.165) is 11.4 Å². The Bertz CT molecular complexity index is 4310. The van der Waals surface area contributed by atoms with Crippen molar-refractivity contribution in [3.63, 3.8) is 0 Å². The molecule has 1 atom stereocenters. The molecule has 0 saturated heterocycles. The standard InChI is InChI=1S/C65H44N2S2/c1-69(2)61-34-12-9-27-52(61)65(51-26-8-5-22-46(51)49-25-13-19-42-20-14-28-54(65)63(42)49)53-38-36-44(40-62(53)69)66(57-31-16-33-60-64(57)50-24-7-11-32-59(50)68-60)43-35-37-48-47-23-6-10-29-56(47)67(58(48)39-43)55-30-15-18-41-17-3-4-21-45(41)55/h3-40H,1-2H3. The lowest BCUT2D eigenvalue weighted by Crippen LogP contribution is -2.38. The molecule has 11 aromatic carbocycles. The van der Waals surface area contributed by atoms with Gasteiger partial charge >= 0.3 is 0 Å². The molecule has 15 rings (SSSR count). The van der Waals surface area contributed by atoms with Crippen LogP contribution in [0.3, 0.4) is 0 Å². The van der Waals surface area contributed by atoms with Gasteiger partial charge in [-0.2, -0.15) is 10.0 Å². The number of thiophene rings is 1. The van der Waals surface area contributed by atoms with Gasteiger partial charge in [-0.05, 0) is 128 Å². The summed E-state index contributed by atoms with van der Waals surface area (Å²) < 4.78 is 5.08. The van der Waals surface area contributed by atoms with Gasteiger partial charge in [-0.3, -0.25) is 0 Å². The monoisotopic (exact) mass is 916 g/mol. The molecule has 0 fully saturated rings. The Morgan fingerprint density at radius 2 is 1.01 bits per heavy atom. The number of hydrogen-bond acceptors (Lipinski definition) is 2. The summed E-state index contributed by atoms with van der Waals surface area (Å²) in [5.74, 6) is 0. The first-order chi connectivity index (χ1) is 34.0. The number of para-hydroxylation sites is 1. The van der Waals surface area contributed by atoms with Crippen molar-refractivity contribution in [2.75, 3.05) is 17.4 Å². The topological polar surface area (TPSA) is 8.17 Å². The summed E-state index contributed by atoms with van der Waals surface area (Å²) in [7, 11) is -1.56. The summed E-state index contributed by atoms with van der Waals surface area (Å²) in [6.07, 6.45) is 5.05. The highest BCUT2D eigenvalue weighted by molar-refractivity contribution is 8.32. The maximum absolute atomic E-state index is 2.59. The number of hydrogen-bond donors (Lipinski definition) is 0. The van der Waals surface area contributed by atoms with Crippen LogP contribution in [0, 0.1) is 0 Å². The quantitative estimate of drug-likeness (QED) is 0.171. The van der Waals surface area contributed by atoms with Crippen molar-refractivity contribution in [3.05, 3.63) is 253 Å². The van der Waals surface area contributed by atoms with E-state index in [4.69, 9.17) is 0 Å². The van der Waals surface area contributed by atoms with Gasteiger partial charge in [-0.1, -0.05) is 170 Å². The van der Waals surface area contributed by atoms with Crippen LogP contribution in [0.5, 0.6) is 0 Å². The molecular weight excluding hydrogens is 873 g/mol. The second-order valence-electron chi connectivity index (χ2n) is 19.1. The molecule has 4 heteroatoms. The lowest BCUT2D eigenvalue weighted by atomic mass is 9.59. The van der Waals surface area contributed by atoms with Gasteiger partial charge in [-0.15, -0.1) is 11.3 Å². The first-order valence-corrected chi connectivity index (χ1v) is 27.1. The SMILES string of the molecule is CS1(C)c2ccccc2C2(c3ccccc3-c3cccc4cccc2c34)c2ccc(N(c3ccc4c5ccccc5n(-c5cccc6ccccc56)c4c3)c3cccc4sc5ccccc5c34)cc21. The highest BCUT2D eigenvalue weighted by Crippen LogP contribution is 2.71. The molecule has 0 amide bonds. The number of fused-ring (bicyclic) bond motifs is 15. The van der Waals surface area contributed by atoms with E-state index in [1.165, 1.54) is 118 Å². The van der Waals surface area contributed by atoms with Crippen LogP contribution in [-0.2, 0) is 5.41 Å². The molecule has 2 nitrogen and oxygen atoms in total. The fourth-order valence-electron chi connectivity index (χ4n) is 12.6. The Balaban J connectivity index is 1.05. The maximum Gasteiger partial charge on any atom is 0.0734 e. The van der Waals surface area contributed by atoms with Crippen molar-refractivity contribution in [2.45, 2.75) is 15.2 Å². The summed E-state index contributed by atoms with van der Waals surface area (Å²) >= 11 is 1.88. The molecule has 69 heavy (non-hydrogen) atoms. The Morgan fingerprint density at radius 3 is 1.93 bits per heavy atom. The minimum atomic E-state index is -1.56. The minimum absolute atomic E-state index is 0.524. The van der Waals surface area contributed by atoms with Gasteiger partial charge in [0.15, 0.2) is 0 Å².